The van der Waals surface area contributed by atoms with Gasteiger partial charge >= 0.3 is 5.97 Å². The molecule has 3 aromatic rings. The Morgan fingerprint density at radius 1 is 0.434 bits per heavy atom. The second kappa shape index (κ2) is 47.0. The van der Waals surface area contributed by atoms with Gasteiger partial charge in [-0.2, -0.15) is 0 Å². The van der Waals surface area contributed by atoms with Crippen LogP contribution in [0.15, 0.2) is 78.9 Å². The van der Waals surface area contributed by atoms with Gasteiger partial charge in [-0.3, -0.25) is 83.4 Å². The SMILES string of the molecule is CC(C)[C@H](NC(=O)[C@H](CCCNC(=N)N)NC(=O)[C@H](Cc1ccc(O)cc1)NC(=O)[C@H](Cc1ccc(O)cc1)NC(=O)[C@H](CCCNC(=N)N)NC(=O)[C@H](Cc1ccccc1)NC(=O)[C@H](C)NC(=O)[C@@H](NC(=O)[C@@H]1CCCN1C(=O)CNC(=O)[C@H](CCCNC(=N)N)NC(=O)[C@@H](N)CCC(N)=O)C(C)C)C(=O)N[C@@H](C)C(=O)O. The van der Waals surface area contributed by atoms with E-state index >= 15 is 9.59 Å². The van der Waals surface area contributed by atoms with Crippen molar-refractivity contribution >= 4 is 101 Å². The smallest absolute Gasteiger partial charge is 0.325 e. The van der Waals surface area contributed by atoms with Crippen molar-refractivity contribution in [1.29, 1.82) is 16.2 Å². The summed E-state index contributed by atoms with van der Waals surface area (Å²) < 4.78 is 0. The van der Waals surface area contributed by atoms with Gasteiger partial charge in [0.1, 0.15) is 78.0 Å². The first-order valence-corrected chi connectivity index (χ1v) is 37.0. The van der Waals surface area contributed by atoms with E-state index in [1.54, 1.807) is 58.0 Å². The fraction of sp³-hybridized carbons (Fsp3) is 0.521. The molecule has 1 aliphatic heterocycles. The number of aliphatic carboxylic acids is 1. The van der Waals surface area contributed by atoms with Gasteiger partial charge in [0.15, 0.2) is 17.9 Å². The van der Waals surface area contributed by atoms with Crippen molar-refractivity contribution in [3.63, 3.8) is 0 Å². The highest BCUT2D eigenvalue weighted by Crippen LogP contribution is 2.20. The van der Waals surface area contributed by atoms with Gasteiger partial charge in [-0.05, 0) is 124 Å². The number of likely N-dealkylation sites (tertiary alicyclic amines) is 1. The van der Waals surface area contributed by atoms with Crippen LogP contribution in [0.5, 0.6) is 11.5 Å². The first-order chi connectivity index (χ1) is 53.3. The average molecular weight is 1580 g/mol. The number of guanidine groups is 3. The van der Waals surface area contributed by atoms with Crippen molar-refractivity contribution in [1.82, 2.24) is 79.3 Å². The molecular formula is C73H111N23O17. The van der Waals surface area contributed by atoms with Crippen molar-refractivity contribution in [2.24, 2.45) is 40.5 Å². The van der Waals surface area contributed by atoms with Crippen LogP contribution in [0.3, 0.4) is 0 Å². The second-order valence-electron chi connectivity index (χ2n) is 28.1. The summed E-state index contributed by atoms with van der Waals surface area (Å²) in [4.78, 5) is 195. The van der Waals surface area contributed by atoms with E-state index in [1.807, 2.05) is 0 Å². The number of hydrogen-bond acceptors (Lipinski definition) is 20. The van der Waals surface area contributed by atoms with E-state index in [9.17, 15) is 72.9 Å². The summed E-state index contributed by atoms with van der Waals surface area (Å²) in [5.74, 6) is -15.1. The molecule has 1 aliphatic rings. The molecule has 40 heteroatoms. The Balaban J connectivity index is 1.62. The number of carboxylic acid groups (broad SMARTS) is 1. The van der Waals surface area contributed by atoms with Crippen molar-refractivity contribution in [3.05, 3.63) is 95.6 Å². The topological polar surface area (TPSA) is 673 Å². The van der Waals surface area contributed by atoms with Gasteiger partial charge < -0.3 is 123 Å². The molecule has 40 nitrogen and oxygen atoms in total. The molecule has 1 saturated heterocycles. The van der Waals surface area contributed by atoms with Gasteiger partial charge in [-0.15, -0.1) is 0 Å². The van der Waals surface area contributed by atoms with Crippen LogP contribution in [0.4, 0.5) is 0 Å². The molecule has 30 N–H and O–H groups in total. The summed E-state index contributed by atoms with van der Waals surface area (Å²) in [6, 6.07) is 2.72. The third-order valence-corrected chi connectivity index (χ3v) is 18.1. The van der Waals surface area contributed by atoms with Gasteiger partial charge in [-0.1, -0.05) is 82.3 Å². The Bertz CT molecular complexity index is 3800. The number of carbonyl (C=O) groups excluding carboxylic acids is 13. The number of amides is 13. The van der Waals surface area contributed by atoms with E-state index in [1.165, 1.54) is 67.3 Å². The molecule has 13 amide bonds. The quantitative estimate of drug-likeness (QED) is 0.0143. The fourth-order valence-electron chi connectivity index (χ4n) is 11.7. The van der Waals surface area contributed by atoms with Crippen molar-refractivity contribution in [2.75, 3.05) is 32.7 Å². The summed E-state index contributed by atoms with van der Waals surface area (Å²) in [6.07, 6.45) is -0.662. The molecule has 0 unspecified atom stereocenters. The monoisotopic (exact) mass is 1580 g/mol. The van der Waals surface area contributed by atoms with Crippen LogP contribution in [0.2, 0.25) is 0 Å². The molecule has 3 aromatic carbocycles. The number of carbonyl (C=O) groups is 14. The zero-order valence-electron chi connectivity index (χ0n) is 64.2. The Labute approximate surface area is 653 Å². The first kappa shape index (κ1) is 93.0. The van der Waals surface area contributed by atoms with E-state index in [0.717, 1.165) is 0 Å². The van der Waals surface area contributed by atoms with E-state index in [2.05, 4.69) is 74.4 Å². The fourth-order valence-corrected chi connectivity index (χ4v) is 11.7. The molecule has 0 bridgehead atoms. The highest BCUT2D eigenvalue weighted by atomic mass is 16.4. The minimum absolute atomic E-state index is 0.00375. The maximum absolute atomic E-state index is 15.1. The Kier molecular flexibility index (Phi) is 38.6. The molecule has 1 fully saturated rings. The Morgan fingerprint density at radius 3 is 1.22 bits per heavy atom. The molecule has 4 rings (SSSR count). The lowest BCUT2D eigenvalue weighted by Crippen LogP contribution is -2.61. The molecule has 12 atom stereocenters. The predicted molar refractivity (Wildman–Crippen MR) is 413 cm³/mol. The standard InChI is InChI=1S/C73H111N23O17/c1-38(2)57(69(111)87-41(6)70(112)113)94-63(105)50(18-12-32-84-73(80)81)90-65(107)52(35-43-20-24-45(97)25-21-43)93-66(108)53(36-44-22-26-46(98)27-23-44)92-62(104)49(17-11-31-83-72(78)79)89-64(106)51(34-42-14-8-7-9-15-42)91-59(101)40(5)86-68(110)58(39(3)4)95-67(109)54-19-13-33-96(54)56(100)37-85-61(103)48(16-10-30-82-71(76)77)88-60(102)47(74)28-29-55(75)99/h7-9,14-15,20-27,38-41,47-54,57-58,97-98H,10-13,16-19,28-37,74H2,1-6H3,(H2,75,99)(H,85,103)(H,86,110)(H,87,111)(H,88,102)(H,89,106)(H,90,107)(H,91,101)(H,92,104)(H,93,108)(H,94,105)(H,95,109)(H,112,113)(H4,76,77,82)(H4,78,79,83)(H4,80,81,84)/t40-,41-,47-,48-,49-,50-,51-,52-,53-,54-,57-,58-/m0/s1. The molecule has 620 valence electrons. The van der Waals surface area contributed by atoms with Crippen LogP contribution in [0.1, 0.15) is 122 Å². The Hall–Kier alpha value is -12.4. The molecule has 0 spiro atoms. The average Bonchev–Trinajstić information content (AvgIpc) is 1.80. The van der Waals surface area contributed by atoms with Gasteiger partial charge in [0.25, 0.3) is 0 Å². The number of nitrogens with one attached hydrogen (secondary N) is 17. The minimum atomic E-state index is -1.63. The van der Waals surface area contributed by atoms with Crippen LogP contribution in [-0.2, 0) is 86.4 Å². The lowest BCUT2D eigenvalue weighted by molar-refractivity contribution is -0.142. The summed E-state index contributed by atoms with van der Waals surface area (Å²) in [5, 5.41) is 89.2. The summed E-state index contributed by atoms with van der Waals surface area (Å²) in [7, 11) is 0. The van der Waals surface area contributed by atoms with Crippen LogP contribution in [0.25, 0.3) is 0 Å². The molecule has 0 radical (unpaired) electrons. The molecule has 0 aromatic heterocycles. The molecular weight excluding hydrogens is 1470 g/mol. The number of benzene rings is 3. The molecule has 0 aliphatic carbocycles. The number of nitrogens with two attached hydrogens (primary N) is 5. The number of primary amides is 1. The van der Waals surface area contributed by atoms with E-state index in [-0.39, 0.29) is 121 Å². The highest BCUT2D eigenvalue weighted by molar-refractivity contribution is 6.00. The first-order valence-electron chi connectivity index (χ1n) is 37.0. The van der Waals surface area contributed by atoms with Crippen molar-refractivity contribution in [3.8, 4) is 11.5 Å². The maximum Gasteiger partial charge on any atom is 0.325 e. The third-order valence-electron chi connectivity index (χ3n) is 18.1. The van der Waals surface area contributed by atoms with E-state index in [4.69, 9.17) is 44.9 Å². The normalized spacial score (nSPS) is 15.3. The lowest BCUT2D eigenvalue weighted by atomic mass is 10.00. The number of aromatic hydroxyl groups is 2. The summed E-state index contributed by atoms with van der Waals surface area (Å²) >= 11 is 0. The number of rotatable bonds is 47. The predicted octanol–water partition coefficient (Wildman–Crippen LogP) is -5.10. The van der Waals surface area contributed by atoms with Crippen LogP contribution < -0.4 is 103 Å². The largest absolute Gasteiger partial charge is 0.508 e. The maximum atomic E-state index is 15.1. The highest BCUT2D eigenvalue weighted by Gasteiger charge is 2.40. The van der Waals surface area contributed by atoms with Crippen LogP contribution in [0, 0.1) is 28.1 Å². The second-order valence-corrected chi connectivity index (χ2v) is 28.1. The number of carboxylic acids is 1. The van der Waals surface area contributed by atoms with Gasteiger partial charge in [-0.25, -0.2) is 0 Å². The number of phenolic OH excluding ortho intramolecular Hbond substituents is 2. The summed E-state index contributed by atoms with van der Waals surface area (Å²) in [6.45, 7) is 8.60. The zero-order chi connectivity index (χ0) is 84.2. The van der Waals surface area contributed by atoms with Gasteiger partial charge in [0.05, 0.1) is 12.6 Å². The summed E-state index contributed by atoms with van der Waals surface area (Å²) in [5.41, 5.74) is 28.9. The number of phenols is 2. The van der Waals surface area contributed by atoms with Gasteiger partial charge in [0, 0.05) is 51.9 Å². The Morgan fingerprint density at radius 2 is 0.805 bits per heavy atom. The van der Waals surface area contributed by atoms with Crippen LogP contribution in [-0.4, -0.2) is 226 Å². The zero-order valence-corrected chi connectivity index (χ0v) is 64.2. The van der Waals surface area contributed by atoms with Crippen LogP contribution >= 0.6 is 0 Å². The molecule has 113 heavy (non-hydrogen) atoms. The number of nitrogens with zero attached hydrogens (tertiary/aromatic N) is 1. The molecule has 1 heterocycles. The van der Waals surface area contributed by atoms with E-state index in [0.29, 0.717) is 23.1 Å². The third kappa shape index (κ3) is 33.4. The van der Waals surface area contributed by atoms with Crippen molar-refractivity contribution in [2.45, 2.75) is 198 Å². The van der Waals surface area contributed by atoms with Gasteiger partial charge in [0.2, 0.25) is 76.8 Å². The molecule has 0 saturated carbocycles. The minimum Gasteiger partial charge on any atom is -0.508 e. The lowest BCUT2D eigenvalue weighted by Gasteiger charge is -2.29. The van der Waals surface area contributed by atoms with Crippen molar-refractivity contribution < 1.29 is 82.4 Å². The van der Waals surface area contributed by atoms with E-state index < -0.39 is 186 Å². The number of hydrogen-bond donors (Lipinski definition) is 25.